The lowest BCUT2D eigenvalue weighted by Gasteiger charge is -2.12. The van der Waals surface area contributed by atoms with E-state index in [9.17, 15) is 14.4 Å². The summed E-state index contributed by atoms with van der Waals surface area (Å²) in [6.07, 6.45) is 2.91. The first-order valence-electron chi connectivity index (χ1n) is 7.71. The van der Waals surface area contributed by atoms with E-state index in [0.29, 0.717) is 0 Å². The molecule has 0 aromatic heterocycles. The fraction of sp³-hybridized carbons (Fsp3) is 0.211. The van der Waals surface area contributed by atoms with E-state index in [4.69, 9.17) is 4.74 Å². The van der Waals surface area contributed by atoms with E-state index in [1.807, 2.05) is 19.0 Å². The summed E-state index contributed by atoms with van der Waals surface area (Å²) in [4.78, 5) is 45.2. The Morgan fingerprint density at radius 2 is 1.67 bits per heavy atom. The number of hydrogen-bond acceptors (Lipinski definition) is 8. The standard InChI is InChI=1S/C17H19NO7.C2H4/c1-4-15(19)22-9-11-24-25-12-10-23-17(21)16(20)13-5-7-14(8-6-13)18(2)3;1-2/h4-9,11H,1,10,12H2,2-3H3;1-2H2/b11-9+;. The summed E-state index contributed by atoms with van der Waals surface area (Å²) in [5.74, 6) is -2.38. The molecule has 0 aliphatic carbocycles. The lowest BCUT2D eigenvalue weighted by atomic mass is 10.1. The summed E-state index contributed by atoms with van der Waals surface area (Å²) in [6, 6.07) is 6.55. The average molecular weight is 377 g/mol. The van der Waals surface area contributed by atoms with Gasteiger partial charge >= 0.3 is 11.9 Å². The maximum Gasteiger partial charge on any atom is 0.379 e. The van der Waals surface area contributed by atoms with Crippen molar-refractivity contribution in [1.29, 1.82) is 0 Å². The molecule has 146 valence electrons. The fourth-order valence-electron chi connectivity index (χ4n) is 1.52. The van der Waals surface area contributed by atoms with E-state index in [2.05, 4.69) is 34.2 Å². The van der Waals surface area contributed by atoms with E-state index in [1.54, 1.807) is 24.3 Å². The number of anilines is 1. The largest absolute Gasteiger partial charge is 0.457 e. The Balaban J connectivity index is 0.00000326. The molecule has 1 rings (SSSR count). The minimum atomic E-state index is -0.989. The van der Waals surface area contributed by atoms with Crippen molar-refractivity contribution in [3.8, 4) is 0 Å². The van der Waals surface area contributed by atoms with Gasteiger partial charge in [-0.1, -0.05) is 6.58 Å². The van der Waals surface area contributed by atoms with Gasteiger partial charge in [0.05, 0.1) is 0 Å². The molecule has 0 spiro atoms. The molecule has 0 unspecified atom stereocenters. The summed E-state index contributed by atoms with van der Waals surface area (Å²) in [5.41, 5.74) is 1.14. The Labute approximate surface area is 158 Å². The molecule has 0 saturated carbocycles. The molecule has 0 aliphatic rings. The highest BCUT2D eigenvalue weighted by atomic mass is 17.2. The first-order valence-corrected chi connectivity index (χ1v) is 7.71. The molecule has 0 fully saturated rings. The Morgan fingerprint density at radius 3 is 2.22 bits per heavy atom. The van der Waals surface area contributed by atoms with Gasteiger partial charge in [-0.3, -0.25) is 4.79 Å². The summed E-state index contributed by atoms with van der Waals surface area (Å²) in [6.45, 7) is 8.91. The molecule has 1 aromatic carbocycles. The van der Waals surface area contributed by atoms with Crippen molar-refractivity contribution in [2.45, 2.75) is 0 Å². The zero-order valence-electron chi connectivity index (χ0n) is 15.4. The smallest absolute Gasteiger partial charge is 0.379 e. The molecular formula is C19H23NO7. The normalized spacial score (nSPS) is 9.56. The minimum Gasteiger partial charge on any atom is -0.457 e. The van der Waals surface area contributed by atoms with E-state index < -0.39 is 17.7 Å². The average Bonchev–Trinajstić information content (AvgIpc) is 2.70. The van der Waals surface area contributed by atoms with Crippen LogP contribution in [0, 0.1) is 0 Å². The van der Waals surface area contributed by atoms with Crippen molar-refractivity contribution in [3.63, 3.8) is 0 Å². The molecule has 8 heteroatoms. The third kappa shape index (κ3) is 9.61. The number of esters is 2. The molecule has 0 amide bonds. The Bertz CT molecular complexity index is 651. The number of hydrogen-bond donors (Lipinski definition) is 0. The van der Waals surface area contributed by atoms with E-state index in [0.717, 1.165) is 24.3 Å². The summed E-state index contributed by atoms with van der Waals surface area (Å²) < 4.78 is 9.24. The summed E-state index contributed by atoms with van der Waals surface area (Å²) in [5, 5.41) is 0. The van der Waals surface area contributed by atoms with Gasteiger partial charge in [0.25, 0.3) is 5.78 Å². The van der Waals surface area contributed by atoms with E-state index in [-0.39, 0.29) is 18.8 Å². The van der Waals surface area contributed by atoms with Crippen molar-refractivity contribution >= 4 is 23.4 Å². The first-order chi connectivity index (χ1) is 13.0. The highest BCUT2D eigenvalue weighted by Gasteiger charge is 2.17. The van der Waals surface area contributed by atoms with E-state index >= 15 is 0 Å². The van der Waals surface area contributed by atoms with Crippen LogP contribution in [0.2, 0.25) is 0 Å². The Morgan fingerprint density at radius 1 is 1.04 bits per heavy atom. The molecule has 0 aliphatic heterocycles. The second kappa shape index (κ2) is 13.9. The topological polar surface area (TPSA) is 91.4 Å². The van der Waals surface area contributed by atoms with Gasteiger partial charge in [-0.15, -0.1) is 13.2 Å². The maximum atomic E-state index is 11.9. The van der Waals surface area contributed by atoms with Crippen LogP contribution in [0.15, 0.2) is 62.6 Å². The van der Waals surface area contributed by atoms with Gasteiger partial charge in [0.2, 0.25) is 0 Å². The third-order valence-electron chi connectivity index (χ3n) is 2.76. The third-order valence-corrected chi connectivity index (χ3v) is 2.76. The second-order valence-corrected chi connectivity index (χ2v) is 4.74. The van der Waals surface area contributed by atoms with Crippen LogP contribution in [0.3, 0.4) is 0 Å². The molecule has 0 bridgehead atoms. The molecule has 0 saturated heterocycles. The number of carbonyl (C=O) groups excluding carboxylic acids is 3. The van der Waals surface area contributed by atoms with Crippen molar-refractivity contribution in [3.05, 3.63) is 68.2 Å². The number of carbonyl (C=O) groups is 3. The summed E-state index contributed by atoms with van der Waals surface area (Å²) in [7, 11) is 3.73. The summed E-state index contributed by atoms with van der Waals surface area (Å²) >= 11 is 0. The minimum absolute atomic E-state index is 0.113. The zero-order chi connectivity index (χ0) is 20.7. The first kappa shape index (κ1) is 23.6. The van der Waals surface area contributed by atoms with Crippen LogP contribution in [0.4, 0.5) is 5.69 Å². The predicted molar refractivity (Wildman–Crippen MR) is 99.8 cm³/mol. The van der Waals surface area contributed by atoms with Crippen molar-refractivity contribution in [2.24, 2.45) is 0 Å². The van der Waals surface area contributed by atoms with Gasteiger partial charge in [0, 0.05) is 31.4 Å². The fourth-order valence-corrected chi connectivity index (χ4v) is 1.52. The van der Waals surface area contributed by atoms with Crippen LogP contribution in [0.5, 0.6) is 0 Å². The zero-order valence-corrected chi connectivity index (χ0v) is 15.4. The maximum absolute atomic E-state index is 11.9. The molecule has 0 heterocycles. The van der Waals surface area contributed by atoms with Crippen LogP contribution >= 0.6 is 0 Å². The molecule has 0 atom stereocenters. The monoisotopic (exact) mass is 377 g/mol. The van der Waals surface area contributed by atoms with Crippen molar-refractivity contribution in [1.82, 2.24) is 0 Å². The van der Waals surface area contributed by atoms with Gasteiger partial charge in [-0.2, -0.15) is 4.89 Å². The van der Waals surface area contributed by atoms with Crippen LogP contribution in [-0.4, -0.2) is 45.0 Å². The van der Waals surface area contributed by atoms with Crippen LogP contribution in [0.1, 0.15) is 10.4 Å². The lowest BCUT2D eigenvalue weighted by Crippen LogP contribution is -2.20. The van der Waals surface area contributed by atoms with Crippen molar-refractivity contribution in [2.75, 3.05) is 32.2 Å². The van der Waals surface area contributed by atoms with Gasteiger partial charge in [0.1, 0.15) is 19.5 Å². The number of rotatable bonds is 10. The molecule has 27 heavy (non-hydrogen) atoms. The molecule has 0 N–H and O–H groups in total. The highest BCUT2D eigenvalue weighted by molar-refractivity contribution is 6.40. The molecule has 8 nitrogen and oxygen atoms in total. The predicted octanol–water partition coefficient (Wildman–Crippen LogP) is 2.43. The molecule has 1 aromatic rings. The van der Waals surface area contributed by atoms with Gasteiger partial charge in [-0.25, -0.2) is 9.59 Å². The molecule has 0 radical (unpaired) electrons. The van der Waals surface area contributed by atoms with Gasteiger partial charge in [0.15, 0.2) is 6.26 Å². The van der Waals surface area contributed by atoms with Crippen LogP contribution in [-0.2, 0) is 28.8 Å². The Hall–Kier alpha value is -3.39. The van der Waals surface area contributed by atoms with Gasteiger partial charge in [-0.05, 0) is 24.3 Å². The molecular weight excluding hydrogens is 354 g/mol. The number of ether oxygens (including phenoxy) is 2. The quantitative estimate of drug-likeness (QED) is 0.0707. The number of Topliss-reactive ketones (excluding diaryl/α,β-unsaturated/α-hetero) is 1. The second-order valence-electron chi connectivity index (χ2n) is 4.74. The number of benzene rings is 1. The highest BCUT2D eigenvalue weighted by Crippen LogP contribution is 2.13. The van der Waals surface area contributed by atoms with Gasteiger partial charge < -0.3 is 19.3 Å². The van der Waals surface area contributed by atoms with Crippen LogP contribution in [0.25, 0.3) is 0 Å². The van der Waals surface area contributed by atoms with Crippen molar-refractivity contribution < 1.29 is 33.6 Å². The lowest BCUT2D eigenvalue weighted by molar-refractivity contribution is -0.255. The number of ketones is 1. The number of nitrogens with zero attached hydrogens (tertiary/aromatic N) is 1. The SMILES string of the molecule is C=C.C=CC(=O)O/C=C/OOCCOC(=O)C(=O)c1ccc(N(C)C)cc1. The van der Waals surface area contributed by atoms with E-state index in [1.165, 1.54) is 0 Å². The van der Waals surface area contributed by atoms with Crippen LogP contribution < -0.4 is 4.90 Å². The Kier molecular flexibility index (Phi) is 12.1.